The minimum absolute atomic E-state index is 0.109. The summed E-state index contributed by atoms with van der Waals surface area (Å²) in [6, 6.07) is 6.64. The minimum atomic E-state index is -0.488. The zero-order valence-electron chi connectivity index (χ0n) is 13.2. The first-order valence-corrected chi connectivity index (χ1v) is 7.74. The monoisotopic (exact) mass is 349 g/mol. The average molecular weight is 350 g/mol. The Bertz CT molecular complexity index is 789. The topological polar surface area (TPSA) is 84.7 Å². The lowest BCUT2D eigenvalue weighted by molar-refractivity contribution is -0.122. The second-order valence-electron chi connectivity index (χ2n) is 5.53. The summed E-state index contributed by atoms with van der Waals surface area (Å²) >= 11 is 6.02. The number of rotatable bonds is 4. The molecule has 2 aromatic rings. The van der Waals surface area contributed by atoms with Crippen LogP contribution in [0.4, 0.5) is 11.5 Å². The van der Waals surface area contributed by atoms with Crippen molar-refractivity contribution in [3.05, 3.63) is 35.0 Å². The minimum Gasteiger partial charge on any atom is -0.495 e. The second kappa shape index (κ2) is 6.52. The number of carbonyl (C=O) groups excluding carboxylic acids is 2. The normalized spacial score (nSPS) is 17.2. The molecule has 0 bridgehead atoms. The molecule has 1 aliphatic rings. The number of nitrogens with one attached hydrogen (secondary N) is 1. The number of amides is 2. The third-order valence-electron chi connectivity index (χ3n) is 3.81. The summed E-state index contributed by atoms with van der Waals surface area (Å²) < 4.78 is 10.2. The van der Waals surface area contributed by atoms with E-state index in [4.69, 9.17) is 20.9 Å². The lowest BCUT2D eigenvalue weighted by Gasteiger charge is -2.19. The molecule has 2 amide bonds. The summed E-state index contributed by atoms with van der Waals surface area (Å²) in [5.41, 5.74) is 0.558. The van der Waals surface area contributed by atoms with Crippen LogP contribution in [0.2, 0.25) is 5.02 Å². The summed E-state index contributed by atoms with van der Waals surface area (Å²) in [6.45, 7) is 1.98. The van der Waals surface area contributed by atoms with Crippen molar-refractivity contribution in [3.8, 4) is 5.75 Å². The standard InChI is InChI=1S/C16H16ClN3O4/c1-9-5-14(19-24-9)18-16(22)10-6-15(21)20(8-10)12-7-11(17)3-4-13(12)23-2/h3-5,7,10H,6,8H2,1-2H3,(H,18,19,22)/t10-/m1/s1. The lowest BCUT2D eigenvalue weighted by Crippen LogP contribution is -2.28. The summed E-state index contributed by atoms with van der Waals surface area (Å²) in [5, 5.41) is 6.87. The van der Waals surface area contributed by atoms with Crippen molar-refractivity contribution in [2.75, 3.05) is 23.9 Å². The van der Waals surface area contributed by atoms with Crippen molar-refractivity contribution in [2.24, 2.45) is 5.92 Å². The highest BCUT2D eigenvalue weighted by Crippen LogP contribution is 2.35. The van der Waals surface area contributed by atoms with E-state index < -0.39 is 5.92 Å². The number of hydrogen-bond acceptors (Lipinski definition) is 5. The van der Waals surface area contributed by atoms with E-state index in [0.717, 1.165) is 0 Å². The van der Waals surface area contributed by atoms with Gasteiger partial charge in [0.25, 0.3) is 0 Å². The lowest BCUT2D eigenvalue weighted by atomic mass is 10.1. The van der Waals surface area contributed by atoms with Gasteiger partial charge in [-0.25, -0.2) is 0 Å². The molecule has 126 valence electrons. The van der Waals surface area contributed by atoms with E-state index in [1.165, 1.54) is 12.0 Å². The number of aryl methyl sites for hydroxylation is 1. The first-order valence-electron chi connectivity index (χ1n) is 7.36. The van der Waals surface area contributed by atoms with Crippen LogP contribution >= 0.6 is 11.6 Å². The van der Waals surface area contributed by atoms with Crippen LogP contribution in [0.5, 0.6) is 5.75 Å². The average Bonchev–Trinajstić information content (AvgIpc) is 3.13. The van der Waals surface area contributed by atoms with E-state index in [2.05, 4.69) is 10.5 Å². The van der Waals surface area contributed by atoms with Gasteiger partial charge in [0.15, 0.2) is 5.82 Å². The molecule has 1 aliphatic heterocycles. The van der Waals surface area contributed by atoms with Gasteiger partial charge >= 0.3 is 0 Å². The molecule has 1 saturated heterocycles. The number of carbonyl (C=O) groups is 2. The van der Waals surface area contributed by atoms with Crippen molar-refractivity contribution in [2.45, 2.75) is 13.3 Å². The van der Waals surface area contributed by atoms with E-state index in [-0.39, 0.29) is 24.8 Å². The van der Waals surface area contributed by atoms with Gasteiger partial charge in [0.1, 0.15) is 11.5 Å². The Kier molecular flexibility index (Phi) is 4.44. The Morgan fingerprint density at radius 1 is 1.46 bits per heavy atom. The Morgan fingerprint density at radius 2 is 2.25 bits per heavy atom. The van der Waals surface area contributed by atoms with Gasteiger partial charge in [0.2, 0.25) is 11.8 Å². The SMILES string of the molecule is COc1ccc(Cl)cc1N1C[C@H](C(=O)Nc2cc(C)on2)CC1=O. The molecule has 1 aromatic heterocycles. The molecule has 2 heterocycles. The van der Waals surface area contributed by atoms with E-state index in [1.54, 1.807) is 31.2 Å². The maximum atomic E-state index is 12.3. The molecule has 8 heteroatoms. The Morgan fingerprint density at radius 3 is 2.92 bits per heavy atom. The second-order valence-corrected chi connectivity index (χ2v) is 5.97. The van der Waals surface area contributed by atoms with E-state index in [9.17, 15) is 9.59 Å². The molecule has 0 aliphatic carbocycles. The number of anilines is 2. The van der Waals surface area contributed by atoms with Crippen LogP contribution in [0, 0.1) is 12.8 Å². The Labute approximate surface area is 143 Å². The van der Waals surface area contributed by atoms with E-state index in [0.29, 0.717) is 28.0 Å². The number of nitrogens with zero attached hydrogens (tertiary/aromatic N) is 2. The fourth-order valence-electron chi connectivity index (χ4n) is 2.64. The molecular formula is C16H16ClN3O4. The molecule has 1 atom stereocenters. The van der Waals surface area contributed by atoms with Gasteiger partial charge in [0.05, 0.1) is 18.7 Å². The molecular weight excluding hydrogens is 334 g/mol. The van der Waals surface area contributed by atoms with Gasteiger partial charge in [-0.3, -0.25) is 9.59 Å². The van der Waals surface area contributed by atoms with Crippen LogP contribution in [-0.4, -0.2) is 30.6 Å². The quantitative estimate of drug-likeness (QED) is 0.917. The van der Waals surface area contributed by atoms with Gasteiger partial charge in [-0.2, -0.15) is 0 Å². The van der Waals surface area contributed by atoms with E-state index >= 15 is 0 Å². The molecule has 0 spiro atoms. The van der Waals surface area contributed by atoms with Gasteiger partial charge in [-0.1, -0.05) is 16.8 Å². The van der Waals surface area contributed by atoms with E-state index in [1.807, 2.05) is 0 Å². The number of aromatic nitrogens is 1. The van der Waals surface area contributed by atoms with Crippen molar-refractivity contribution in [3.63, 3.8) is 0 Å². The summed E-state index contributed by atoms with van der Waals surface area (Å²) in [5.74, 6) is 0.535. The third kappa shape index (κ3) is 3.21. The molecule has 24 heavy (non-hydrogen) atoms. The molecule has 1 aromatic carbocycles. The van der Waals surface area contributed by atoms with Gasteiger partial charge < -0.3 is 19.5 Å². The van der Waals surface area contributed by atoms with Crippen LogP contribution < -0.4 is 15.0 Å². The predicted octanol–water partition coefficient (Wildman–Crippen LogP) is 2.64. The molecule has 0 saturated carbocycles. The van der Waals surface area contributed by atoms with Crippen LogP contribution in [-0.2, 0) is 9.59 Å². The highest BCUT2D eigenvalue weighted by atomic mass is 35.5. The maximum Gasteiger partial charge on any atom is 0.231 e. The van der Waals surface area contributed by atoms with Crippen LogP contribution in [0.15, 0.2) is 28.8 Å². The number of ether oxygens (including phenoxy) is 1. The molecule has 0 unspecified atom stereocenters. The Balaban J connectivity index is 1.76. The Hall–Kier alpha value is -2.54. The summed E-state index contributed by atoms with van der Waals surface area (Å²) in [4.78, 5) is 26.2. The van der Waals surface area contributed by atoms with Gasteiger partial charge in [-0.05, 0) is 25.1 Å². The summed E-state index contributed by atoms with van der Waals surface area (Å²) in [7, 11) is 1.52. The number of hydrogen-bond donors (Lipinski definition) is 1. The molecule has 3 rings (SSSR count). The fourth-order valence-corrected chi connectivity index (χ4v) is 2.81. The zero-order chi connectivity index (χ0) is 17.3. The highest BCUT2D eigenvalue weighted by Gasteiger charge is 2.36. The molecule has 1 fully saturated rings. The first kappa shape index (κ1) is 16.3. The predicted molar refractivity (Wildman–Crippen MR) is 88.3 cm³/mol. The first-order chi connectivity index (χ1) is 11.5. The van der Waals surface area contributed by atoms with Crippen LogP contribution in [0.25, 0.3) is 0 Å². The molecule has 0 radical (unpaired) electrons. The van der Waals surface area contributed by atoms with Crippen LogP contribution in [0.3, 0.4) is 0 Å². The third-order valence-corrected chi connectivity index (χ3v) is 4.04. The largest absolute Gasteiger partial charge is 0.495 e. The number of benzene rings is 1. The highest BCUT2D eigenvalue weighted by molar-refractivity contribution is 6.31. The van der Waals surface area contributed by atoms with Crippen molar-refractivity contribution in [1.82, 2.24) is 5.16 Å². The number of methoxy groups -OCH3 is 1. The number of halogens is 1. The summed E-state index contributed by atoms with van der Waals surface area (Å²) in [6.07, 6.45) is 0.109. The smallest absolute Gasteiger partial charge is 0.231 e. The van der Waals surface area contributed by atoms with Crippen molar-refractivity contribution in [1.29, 1.82) is 0 Å². The fraction of sp³-hybridized carbons (Fsp3) is 0.312. The molecule has 7 nitrogen and oxygen atoms in total. The van der Waals surface area contributed by atoms with Crippen molar-refractivity contribution < 1.29 is 18.8 Å². The zero-order valence-corrected chi connectivity index (χ0v) is 14.0. The van der Waals surface area contributed by atoms with Crippen molar-refractivity contribution >= 4 is 34.9 Å². The molecule has 1 N–H and O–H groups in total. The van der Waals surface area contributed by atoms with Gasteiger partial charge in [-0.15, -0.1) is 0 Å². The maximum absolute atomic E-state index is 12.3. The van der Waals surface area contributed by atoms with Crippen LogP contribution in [0.1, 0.15) is 12.2 Å². The van der Waals surface area contributed by atoms with Gasteiger partial charge in [0, 0.05) is 24.1 Å².